The first-order valence-electron chi connectivity index (χ1n) is 4.95. The van der Waals surface area contributed by atoms with Gasteiger partial charge in [0.05, 0.1) is 22.9 Å². The number of hydrogen-bond acceptors (Lipinski definition) is 5. The smallest absolute Gasteiger partial charge is 0.131 e. The molecule has 17 heavy (non-hydrogen) atoms. The zero-order valence-electron chi connectivity index (χ0n) is 8.76. The Morgan fingerprint density at radius 3 is 2.88 bits per heavy atom. The number of hydrogen-bond donors (Lipinski definition) is 2. The van der Waals surface area contributed by atoms with Crippen LogP contribution < -0.4 is 0 Å². The normalized spacial score (nSPS) is 14.2. The molecule has 2 atom stereocenters. The van der Waals surface area contributed by atoms with Gasteiger partial charge in [-0.2, -0.15) is 0 Å². The third kappa shape index (κ3) is 2.54. The number of para-hydroxylation sites is 1. The molecule has 2 unspecified atom stereocenters. The minimum absolute atomic E-state index is 0.173. The third-order valence-corrected chi connectivity index (χ3v) is 3.37. The van der Waals surface area contributed by atoms with Crippen molar-refractivity contribution in [1.82, 2.24) is 4.98 Å². The van der Waals surface area contributed by atoms with Crippen molar-refractivity contribution in [3.8, 4) is 0 Å². The Morgan fingerprint density at radius 1 is 1.41 bits per heavy atom. The van der Waals surface area contributed by atoms with E-state index in [0.29, 0.717) is 5.01 Å². The van der Waals surface area contributed by atoms with Gasteiger partial charge in [0.2, 0.25) is 0 Å². The third-order valence-electron chi connectivity index (χ3n) is 2.26. The van der Waals surface area contributed by atoms with E-state index in [1.165, 1.54) is 11.3 Å². The number of aliphatic hydroxyl groups is 2. The van der Waals surface area contributed by atoms with Crippen molar-refractivity contribution < 1.29 is 10.2 Å². The second-order valence-corrected chi connectivity index (χ2v) is 4.51. The molecule has 88 valence electrons. The molecule has 2 rings (SSSR count). The Labute approximate surface area is 101 Å². The van der Waals surface area contributed by atoms with E-state index in [1.807, 2.05) is 24.3 Å². The van der Waals surface area contributed by atoms with Crippen LogP contribution >= 0.6 is 11.3 Å². The van der Waals surface area contributed by atoms with Gasteiger partial charge in [0.15, 0.2) is 0 Å². The summed E-state index contributed by atoms with van der Waals surface area (Å²) < 4.78 is 0.942. The fraction of sp³-hybridized carbons (Fsp3) is 0.300. The summed E-state index contributed by atoms with van der Waals surface area (Å²) >= 11 is 1.31. The Morgan fingerprint density at radius 2 is 2.18 bits per heavy atom. The van der Waals surface area contributed by atoms with Crippen LogP contribution in [0.15, 0.2) is 29.4 Å². The second-order valence-electron chi connectivity index (χ2n) is 3.45. The van der Waals surface area contributed by atoms with Crippen molar-refractivity contribution >= 4 is 21.6 Å². The molecule has 0 bridgehead atoms. The lowest BCUT2D eigenvalue weighted by Crippen LogP contribution is -2.20. The number of thiazole rings is 1. The number of azide groups is 1. The first kappa shape index (κ1) is 11.8. The van der Waals surface area contributed by atoms with E-state index in [-0.39, 0.29) is 6.54 Å². The minimum atomic E-state index is -1.13. The van der Waals surface area contributed by atoms with Gasteiger partial charge in [0, 0.05) is 4.91 Å². The summed E-state index contributed by atoms with van der Waals surface area (Å²) in [7, 11) is 0. The van der Waals surface area contributed by atoms with Crippen LogP contribution in [0.25, 0.3) is 20.7 Å². The van der Waals surface area contributed by atoms with Gasteiger partial charge in [0.25, 0.3) is 0 Å². The minimum Gasteiger partial charge on any atom is -0.390 e. The summed E-state index contributed by atoms with van der Waals surface area (Å²) in [4.78, 5) is 6.75. The van der Waals surface area contributed by atoms with E-state index in [0.717, 1.165) is 10.2 Å². The van der Waals surface area contributed by atoms with Crippen LogP contribution in [-0.4, -0.2) is 27.8 Å². The van der Waals surface area contributed by atoms with E-state index >= 15 is 0 Å². The van der Waals surface area contributed by atoms with E-state index in [1.54, 1.807) is 0 Å². The van der Waals surface area contributed by atoms with Crippen LogP contribution in [0.3, 0.4) is 0 Å². The zero-order valence-corrected chi connectivity index (χ0v) is 9.58. The second kappa shape index (κ2) is 5.11. The Kier molecular flexibility index (Phi) is 3.55. The number of nitrogens with zero attached hydrogens (tertiary/aromatic N) is 4. The van der Waals surface area contributed by atoms with Crippen molar-refractivity contribution in [3.63, 3.8) is 0 Å². The van der Waals surface area contributed by atoms with Gasteiger partial charge in [0.1, 0.15) is 11.1 Å². The molecule has 1 heterocycles. The Hall–Kier alpha value is -1.66. The first-order chi connectivity index (χ1) is 8.22. The lowest BCUT2D eigenvalue weighted by atomic mass is 10.2. The van der Waals surface area contributed by atoms with Crippen molar-refractivity contribution in [2.75, 3.05) is 6.54 Å². The highest BCUT2D eigenvalue weighted by Gasteiger charge is 2.21. The fourth-order valence-corrected chi connectivity index (χ4v) is 2.41. The summed E-state index contributed by atoms with van der Waals surface area (Å²) in [6.45, 7) is -0.173. The summed E-state index contributed by atoms with van der Waals surface area (Å²) in [5, 5.41) is 23.1. The largest absolute Gasteiger partial charge is 0.390 e. The van der Waals surface area contributed by atoms with Crippen molar-refractivity contribution in [3.05, 3.63) is 39.7 Å². The molecule has 0 amide bonds. The first-order valence-corrected chi connectivity index (χ1v) is 5.76. The average Bonchev–Trinajstić information content (AvgIpc) is 2.78. The molecule has 1 aromatic carbocycles. The molecule has 0 saturated carbocycles. The molecular formula is C10H10N4O2S. The molecule has 0 radical (unpaired) electrons. The van der Waals surface area contributed by atoms with Crippen LogP contribution in [0.1, 0.15) is 11.1 Å². The highest BCUT2D eigenvalue weighted by Crippen LogP contribution is 2.27. The standard InChI is InChI=1S/C10H10N4O2S/c11-14-12-5-7(15)9(16)10-13-6-3-1-2-4-8(6)17-10/h1-4,7,9,15-16H,5H2. The molecule has 0 aliphatic rings. The number of aliphatic hydroxyl groups excluding tert-OH is 2. The monoisotopic (exact) mass is 250 g/mol. The predicted octanol–water partition coefficient (Wildman–Crippen LogP) is 2.00. The van der Waals surface area contributed by atoms with Crippen LogP contribution in [0.4, 0.5) is 0 Å². The van der Waals surface area contributed by atoms with Crippen LogP contribution in [0, 0.1) is 0 Å². The molecule has 2 aromatic rings. The molecule has 1 aromatic heterocycles. The van der Waals surface area contributed by atoms with Gasteiger partial charge in [-0.05, 0) is 17.7 Å². The van der Waals surface area contributed by atoms with E-state index in [9.17, 15) is 10.2 Å². The molecule has 0 fully saturated rings. The number of rotatable bonds is 4. The zero-order chi connectivity index (χ0) is 12.3. The van der Waals surface area contributed by atoms with E-state index in [4.69, 9.17) is 5.53 Å². The molecule has 0 saturated heterocycles. The van der Waals surface area contributed by atoms with Crippen LogP contribution in [0.5, 0.6) is 0 Å². The van der Waals surface area contributed by atoms with Gasteiger partial charge >= 0.3 is 0 Å². The quantitative estimate of drug-likeness (QED) is 0.492. The summed E-state index contributed by atoms with van der Waals surface area (Å²) in [6.07, 6.45) is -2.26. The van der Waals surface area contributed by atoms with Gasteiger partial charge in [-0.1, -0.05) is 17.2 Å². The predicted molar refractivity (Wildman–Crippen MR) is 64.6 cm³/mol. The topological polar surface area (TPSA) is 102 Å². The van der Waals surface area contributed by atoms with E-state index in [2.05, 4.69) is 15.0 Å². The highest BCUT2D eigenvalue weighted by molar-refractivity contribution is 7.18. The number of benzene rings is 1. The Balaban J connectivity index is 2.23. The van der Waals surface area contributed by atoms with E-state index < -0.39 is 12.2 Å². The SMILES string of the molecule is [N-]=[N+]=NCC(O)C(O)c1nc2ccccc2s1. The van der Waals surface area contributed by atoms with Crippen LogP contribution in [0.2, 0.25) is 0 Å². The molecule has 0 aliphatic heterocycles. The maximum atomic E-state index is 9.83. The summed E-state index contributed by atoms with van der Waals surface area (Å²) in [5.41, 5.74) is 8.91. The van der Waals surface area contributed by atoms with Gasteiger partial charge in [-0.15, -0.1) is 11.3 Å². The van der Waals surface area contributed by atoms with Crippen molar-refractivity contribution in [2.45, 2.75) is 12.2 Å². The average molecular weight is 250 g/mol. The highest BCUT2D eigenvalue weighted by atomic mass is 32.1. The molecule has 0 spiro atoms. The fourth-order valence-electron chi connectivity index (χ4n) is 1.40. The molecule has 0 aliphatic carbocycles. The van der Waals surface area contributed by atoms with Gasteiger partial charge in [-0.3, -0.25) is 0 Å². The lowest BCUT2D eigenvalue weighted by molar-refractivity contribution is 0.0244. The maximum absolute atomic E-state index is 9.83. The summed E-state index contributed by atoms with van der Waals surface area (Å²) in [5.74, 6) is 0. The lowest BCUT2D eigenvalue weighted by Gasteiger charge is -2.12. The molecule has 6 nitrogen and oxygen atoms in total. The molecular weight excluding hydrogens is 240 g/mol. The summed E-state index contributed by atoms with van der Waals surface area (Å²) in [6, 6.07) is 7.46. The number of aromatic nitrogens is 1. The van der Waals surface area contributed by atoms with Crippen LogP contribution in [-0.2, 0) is 0 Å². The van der Waals surface area contributed by atoms with Gasteiger partial charge in [-0.25, -0.2) is 4.98 Å². The van der Waals surface area contributed by atoms with Crippen molar-refractivity contribution in [1.29, 1.82) is 0 Å². The van der Waals surface area contributed by atoms with Crippen molar-refractivity contribution in [2.24, 2.45) is 5.11 Å². The molecule has 7 heteroatoms. The molecule has 2 N–H and O–H groups in total. The number of fused-ring (bicyclic) bond motifs is 1. The Bertz CT molecular complexity index is 531. The maximum Gasteiger partial charge on any atom is 0.131 e. The van der Waals surface area contributed by atoms with Gasteiger partial charge < -0.3 is 10.2 Å².